The maximum absolute atomic E-state index is 10.4. The van der Waals surface area contributed by atoms with Crippen molar-refractivity contribution in [3.63, 3.8) is 0 Å². The van der Waals surface area contributed by atoms with Gasteiger partial charge in [0.15, 0.2) is 0 Å². The maximum Gasteiger partial charge on any atom is 0.313 e. The van der Waals surface area contributed by atoms with Crippen molar-refractivity contribution >= 4 is 23.4 Å². The summed E-state index contributed by atoms with van der Waals surface area (Å²) < 4.78 is 1.95. The Balaban J connectivity index is 2.10. The van der Waals surface area contributed by atoms with Crippen molar-refractivity contribution in [1.82, 2.24) is 9.38 Å². The van der Waals surface area contributed by atoms with E-state index in [9.17, 15) is 4.79 Å². The number of hydrogen-bond donors (Lipinski definition) is 1. The van der Waals surface area contributed by atoms with E-state index in [1.165, 1.54) is 17.3 Å². The smallest absolute Gasteiger partial charge is 0.313 e. The van der Waals surface area contributed by atoms with Crippen LogP contribution in [-0.4, -0.2) is 26.2 Å². The summed E-state index contributed by atoms with van der Waals surface area (Å²) in [5, 5.41) is 8.52. The normalized spacial score (nSPS) is 10.8. The van der Waals surface area contributed by atoms with Crippen LogP contribution in [0.15, 0.2) is 24.5 Å². The second-order valence-electron chi connectivity index (χ2n) is 3.59. The molecule has 2 aromatic heterocycles. The number of nitrogens with zero attached hydrogens (tertiary/aromatic N) is 2. The van der Waals surface area contributed by atoms with Crippen molar-refractivity contribution in [1.29, 1.82) is 0 Å². The number of aryl methyl sites for hydroxylation is 1. The summed E-state index contributed by atoms with van der Waals surface area (Å²) in [5.41, 5.74) is 2.99. The third kappa shape index (κ3) is 2.55. The monoisotopic (exact) mass is 236 g/mol. The lowest BCUT2D eigenvalue weighted by Crippen LogP contribution is -1.98. The van der Waals surface area contributed by atoms with Gasteiger partial charge in [-0.3, -0.25) is 4.79 Å². The number of thioether (sulfide) groups is 1. The van der Waals surface area contributed by atoms with Crippen molar-refractivity contribution in [2.75, 3.05) is 5.75 Å². The average Bonchev–Trinajstić information content (AvgIpc) is 2.58. The number of carbonyl (C=O) groups is 1. The average molecular weight is 236 g/mol. The third-order valence-corrected chi connectivity index (χ3v) is 3.09. The minimum absolute atomic E-state index is 0.118. The predicted octanol–water partition coefficient (Wildman–Crippen LogP) is 1.96. The molecule has 0 radical (unpaired) electrons. The molecule has 0 saturated carbocycles. The summed E-state index contributed by atoms with van der Waals surface area (Å²) in [6.45, 7) is 2.02. The molecule has 0 bridgehead atoms. The molecule has 0 fully saturated rings. The van der Waals surface area contributed by atoms with Gasteiger partial charge < -0.3 is 9.51 Å². The van der Waals surface area contributed by atoms with E-state index in [1.54, 1.807) is 0 Å². The zero-order valence-electron chi connectivity index (χ0n) is 8.88. The lowest BCUT2D eigenvalue weighted by molar-refractivity contribution is -0.133. The van der Waals surface area contributed by atoms with Gasteiger partial charge in [-0.1, -0.05) is 0 Å². The Morgan fingerprint density at radius 3 is 3.19 bits per heavy atom. The molecule has 0 aromatic carbocycles. The number of carboxylic acids is 1. The highest BCUT2D eigenvalue weighted by Crippen LogP contribution is 2.13. The fourth-order valence-electron chi connectivity index (χ4n) is 1.45. The quantitative estimate of drug-likeness (QED) is 0.881. The zero-order valence-corrected chi connectivity index (χ0v) is 9.70. The number of aromatic nitrogens is 2. The van der Waals surface area contributed by atoms with Gasteiger partial charge in [0, 0.05) is 18.1 Å². The molecule has 0 aliphatic heterocycles. The van der Waals surface area contributed by atoms with Gasteiger partial charge >= 0.3 is 5.97 Å². The van der Waals surface area contributed by atoms with Gasteiger partial charge in [0.25, 0.3) is 0 Å². The van der Waals surface area contributed by atoms with Crippen LogP contribution in [0.4, 0.5) is 0 Å². The predicted molar refractivity (Wildman–Crippen MR) is 63.7 cm³/mol. The fraction of sp³-hybridized carbons (Fsp3) is 0.273. The molecular formula is C11H12N2O2S. The van der Waals surface area contributed by atoms with Gasteiger partial charge in [-0.25, -0.2) is 4.98 Å². The van der Waals surface area contributed by atoms with Crippen molar-refractivity contribution < 1.29 is 9.90 Å². The molecule has 0 amide bonds. The number of pyridine rings is 1. The van der Waals surface area contributed by atoms with Gasteiger partial charge in [-0.05, 0) is 24.6 Å². The van der Waals surface area contributed by atoms with Gasteiger partial charge in [0.2, 0.25) is 0 Å². The van der Waals surface area contributed by atoms with Gasteiger partial charge in [0.05, 0.1) is 11.4 Å². The minimum Gasteiger partial charge on any atom is -0.481 e. The summed E-state index contributed by atoms with van der Waals surface area (Å²) in [6.07, 6.45) is 3.90. The number of aliphatic carboxylic acids is 1. The highest BCUT2D eigenvalue weighted by molar-refractivity contribution is 7.99. The third-order valence-electron chi connectivity index (χ3n) is 2.14. The van der Waals surface area contributed by atoms with E-state index in [0.29, 0.717) is 5.75 Å². The van der Waals surface area contributed by atoms with Crippen LogP contribution < -0.4 is 0 Å². The van der Waals surface area contributed by atoms with E-state index in [1.807, 2.05) is 35.9 Å². The largest absolute Gasteiger partial charge is 0.481 e. The first-order valence-electron chi connectivity index (χ1n) is 4.89. The number of imidazole rings is 1. The number of carboxylic acid groups (broad SMARTS) is 1. The summed E-state index contributed by atoms with van der Waals surface area (Å²) in [7, 11) is 0. The molecular weight excluding hydrogens is 224 g/mol. The first kappa shape index (κ1) is 11.0. The molecule has 16 heavy (non-hydrogen) atoms. The molecule has 0 atom stereocenters. The van der Waals surface area contributed by atoms with E-state index in [2.05, 4.69) is 4.98 Å². The summed E-state index contributed by atoms with van der Waals surface area (Å²) in [6, 6.07) is 4.02. The maximum atomic E-state index is 10.4. The summed E-state index contributed by atoms with van der Waals surface area (Å²) in [4.78, 5) is 14.8. The Hall–Kier alpha value is -1.49. The molecule has 0 aliphatic carbocycles. The van der Waals surface area contributed by atoms with Crippen LogP contribution >= 0.6 is 11.8 Å². The molecule has 5 heteroatoms. The van der Waals surface area contributed by atoms with Crippen LogP contribution in [0.25, 0.3) is 5.65 Å². The van der Waals surface area contributed by atoms with Crippen LogP contribution in [0.3, 0.4) is 0 Å². The van der Waals surface area contributed by atoms with Crippen LogP contribution in [0.2, 0.25) is 0 Å². The molecule has 2 heterocycles. The standard InChI is InChI=1S/C11H12N2O2S/c1-8-2-3-13-5-9(12-10(13)4-8)6-16-7-11(14)15/h2-5H,6-7H2,1H3,(H,14,15). The second kappa shape index (κ2) is 4.57. The minimum atomic E-state index is -0.787. The first-order valence-corrected chi connectivity index (χ1v) is 6.04. The Morgan fingerprint density at radius 1 is 1.62 bits per heavy atom. The van der Waals surface area contributed by atoms with Crippen molar-refractivity contribution in [3.8, 4) is 0 Å². The van der Waals surface area contributed by atoms with E-state index in [0.717, 1.165) is 11.3 Å². The van der Waals surface area contributed by atoms with Crippen LogP contribution in [0.1, 0.15) is 11.3 Å². The van der Waals surface area contributed by atoms with Gasteiger partial charge in [-0.2, -0.15) is 0 Å². The highest BCUT2D eigenvalue weighted by Gasteiger charge is 2.03. The number of rotatable bonds is 4. The van der Waals surface area contributed by atoms with E-state index < -0.39 is 5.97 Å². The molecule has 1 N–H and O–H groups in total. The van der Waals surface area contributed by atoms with Crippen LogP contribution in [0.5, 0.6) is 0 Å². The molecule has 84 valence electrons. The van der Waals surface area contributed by atoms with E-state index in [4.69, 9.17) is 5.11 Å². The topological polar surface area (TPSA) is 54.6 Å². The van der Waals surface area contributed by atoms with Gasteiger partial charge in [0.1, 0.15) is 5.65 Å². The Kier molecular flexibility index (Phi) is 3.14. The summed E-state index contributed by atoms with van der Waals surface area (Å²) in [5.74, 6) is -0.0375. The lowest BCUT2D eigenvalue weighted by Gasteiger charge is -1.92. The highest BCUT2D eigenvalue weighted by atomic mass is 32.2. The van der Waals surface area contributed by atoms with Crippen LogP contribution in [0, 0.1) is 6.92 Å². The van der Waals surface area contributed by atoms with E-state index in [-0.39, 0.29) is 5.75 Å². The number of fused-ring (bicyclic) bond motifs is 1. The molecule has 0 saturated heterocycles. The van der Waals surface area contributed by atoms with Crippen LogP contribution in [-0.2, 0) is 10.5 Å². The van der Waals surface area contributed by atoms with Crippen molar-refractivity contribution in [2.45, 2.75) is 12.7 Å². The van der Waals surface area contributed by atoms with Crippen molar-refractivity contribution in [3.05, 3.63) is 35.8 Å². The van der Waals surface area contributed by atoms with Crippen molar-refractivity contribution in [2.24, 2.45) is 0 Å². The fourth-order valence-corrected chi connectivity index (χ4v) is 2.07. The Morgan fingerprint density at radius 2 is 2.44 bits per heavy atom. The molecule has 0 aliphatic rings. The molecule has 4 nitrogen and oxygen atoms in total. The number of hydrogen-bond acceptors (Lipinski definition) is 3. The Labute approximate surface area is 97.3 Å². The molecule has 0 unspecified atom stereocenters. The SMILES string of the molecule is Cc1ccn2cc(CSCC(=O)O)nc2c1. The molecule has 2 rings (SSSR count). The lowest BCUT2D eigenvalue weighted by atomic mass is 10.3. The Bertz CT molecular complexity index is 522. The molecule has 0 spiro atoms. The zero-order chi connectivity index (χ0) is 11.5. The summed E-state index contributed by atoms with van der Waals surface area (Å²) >= 11 is 1.36. The first-order chi connectivity index (χ1) is 7.65. The van der Waals surface area contributed by atoms with Gasteiger partial charge in [-0.15, -0.1) is 11.8 Å². The second-order valence-corrected chi connectivity index (χ2v) is 4.57. The van der Waals surface area contributed by atoms with E-state index >= 15 is 0 Å². The molecule has 2 aromatic rings.